The normalized spacial score (nSPS) is 17.5. The Morgan fingerprint density at radius 3 is 2.00 bits per heavy atom. The van der Waals surface area contributed by atoms with Gasteiger partial charge in [-0.05, 0) is 32.9 Å². The SMILES string of the molecule is CC.CC.CC.CN1CCN(C(=O)OC(C)(C)C2=CCOCC2)CC1. The van der Waals surface area contributed by atoms with Crippen LogP contribution in [0.5, 0.6) is 0 Å². The van der Waals surface area contributed by atoms with Gasteiger partial charge >= 0.3 is 6.09 Å². The van der Waals surface area contributed by atoms with Gasteiger partial charge in [0, 0.05) is 26.2 Å². The highest BCUT2D eigenvalue weighted by Gasteiger charge is 2.31. The summed E-state index contributed by atoms with van der Waals surface area (Å²) in [5, 5.41) is 0. The van der Waals surface area contributed by atoms with Gasteiger partial charge in [0.15, 0.2) is 0 Å². The Labute approximate surface area is 156 Å². The average Bonchev–Trinajstić information content (AvgIpc) is 2.67. The first-order chi connectivity index (χ1) is 12.0. The maximum Gasteiger partial charge on any atom is 0.410 e. The Balaban J connectivity index is 0. The molecule has 0 spiro atoms. The van der Waals surface area contributed by atoms with Gasteiger partial charge in [0.2, 0.25) is 0 Å². The van der Waals surface area contributed by atoms with Gasteiger partial charge in [0.05, 0.1) is 13.2 Å². The number of hydrogen-bond acceptors (Lipinski definition) is 4. The summed E-state index contributed by atoms with van der Waals surface area (Å²) in [5.41, 5.74) is 0.616. The van der Waals surface area contributed by atoms with E-state index in [-0.39, 0.29) is 6.09 Å². The molecule has 0 N–H and O–H groups in total. The lowest BCUT2D eigenvalue weighted by molar-refractivity contribution is 0.0184. The molecule has 150 valence electrons. The maximum atomic E-state index is 12.2. The van der Waals surface area contributed by atoms with E-state index >= 15 is 0 Å². The first-order valence-electron chi connectivity index (χ1n) is 9.93. The second-order valence-corrected chi connectivity index (χ2v) is 5.72. The Hall–Kier alpha value is -1.07. The zero-order valence-corrected chi connectivity index (χ0v) is 18.1. The van der Waals surface area contributed by atoms with Gasteiger partial charge in [-0.25, -0.2) is 4.79 Å². The minimum Gasteiger partial charge on any atom is -0.439 e. The third-order valence-electron chi connectivity index (χ3n) is 3.84. The first kappa shape index (κ1) is 26.2. The van der Waals surface area contributed by atoms with Crippen LogP contribution >= 0.6 is 0 Å². The fraction of sp³-hybridized carbons (Fsp3) is 0.850. The predicted octanol–water partition coefficient (Wildman–Crippen LogP) is 4.57. The van der Waals surface area contributed by atoms with Crippen molar-refractivity contribution >= 4 is 6.09 Å². The number of ether oxygens (including phenoxy) is 2. The van der Waals surface area contributed by atoms with E-state index in [0.29, 0.717) is 13.2 Å². The molecule has 0 aromatic heterocycles. The van der Waals surface area contributed by atoms with Crippen LogP contribution in [0, 0.1) is 0 Å². The van der Waals surface area contributed by atoms with E-state index in [0.717, 1.165) is 38.2 Å². The van der Waals surface area contributed by atoms with E-state index in [1.54, 1.807) is 4.90 Å². The van der Waals surface area contributed by atoms with Crippen molar-refractivity contribution < 1.29 is 14.3 Å². The van der Waals surface area contributed by atoms with Crippen LogP contribution in [0.2, 0.25) is 0 Å². The number of hydrogen-bond donors (Lipinski definition) is 0. The molecule has 1 saturated heterocycles. The molecular weight excluding hydrogens is 316 g/mol. The number of likely N-dealkylation sites (N-methyl/N-ethyl adjacent to an activating group) is 1. The highest BCUT2D eigenvalue weighted by atomic mass is 16.6. The lowest BCUT2D eigenvalue weighted by atomic mass is 9.94. The summed E-state index contributed by atoms with van der Waals surface area (Å²) in [5.74, 6) is 0. The molecule has 2 aliphatic rings. The van der Waals surface area contributed by atoms with E-state index in [1.165, 1.54) is 0 Å². The number of amides is 1. The number of carbonyl (C=O) groups is 1. The number of piperazine rings is 1. The maximum absolute atomic E-state index is 12.2. The molecule has 1 amide bonds. The molecule has 0 aromatic carbocycles. The summed E-state index contributed by atoms with van der Waals surface area (Å²) in [6, 6.07) is 0. The Bertz CT molecular complexity index is 360. The third kappa shape index (κ3) is 9.85. The highest BCUT2D eigenvalue weighted by molar-refractivity contribution is 5.68. The van der Waals surface area contributed by atoms with Crippen LogP contribution in [0.3, 0.4) is 0 Å². The molecule has 2 heterocycles. The van der Waals surface area contributed by atoms with Gasteiger partial charge in [-0.3, -0.25) is 0 Å². The summed E-state index contributed by atoms with van der Waals surface area (Å²) in [4.78, 5) is 16.2. The third-order valence-corrected chi connectivity index (χ3v) is 3.84. The summed E-state index contributed by atoms with van der Waals surface area (Å²) in [6.07, 6.45) is 2.66. The van der Waals surface area contributed by atoms with Crippen molar-refractivity contribution in [3.8, 4) is 0 Å². The van der Waals surface area contributed by atoms with E-state index in [9.17, 15) is 4.79 Å². The molecule has 0 saturated carbocycles. The number of carbonyl (C=O) groups excluding carboxylic acids is 1. The molecule has 25 heavy (non-hydrogen) atoms. The molecule has 0 bridgehead atoms. The standard InChI is InChI=1S/C14H24N2O3.3C2H6/c1-14(2,12-4-10-18-11-5-12)19-13(17)16-8-6-15(3)7-9-16;3*1-2/h4H,5-11H2,1-3H3;3*1-2H3. The summed E-state index contributed by atoms with van der Waals surface area (Å²) in [7, 11) is 2.07. The van der Waals surface area contributed by atoms with Crippen molar-refractivity contribution in [1.82, 2.24) is 9.80 Å². The van der Waals surface area contributed by atoms with Gasteiger partial charge in [0.1, 0.15) is 5.60 Å². The first-order valence-corrected chi connectivity index (χ1v) is 9.93. The molecule has 5 nitrogen and oxygen atoms in total. The summed E-state index contributed by atoms with van der Waals surface area (Å²) < 4.78 is 11.0. The smallest absolute Gasteiger partial charge is 0.410 e. The van der Waals surface area contributed by atoms with E-state index in [2.05, 4.69) is 11.9 Å². The summed E-state index contributed by atoms with van der Waals surface area (Å²) >= 11 is 0. The molecule has 2 aliphatic heterocycles. The van der Waals surface area contributed by atoms with Gasteiger partial charge in [0.25, 0.3) is 0 Å². The van der Waals surface area contributed by atoms with Gasteiger partial charge in [-0.15, -0.1) is 0 Å². The number of rotatable bonds is 2. The summed E-state index contributed by atoms with van der Waals surface area (Å²) in [6.45, 7) is 20.5. The van der Waals surface area contributed by atoms with Crippen LogP contribution < -0.4 is 0 Å². The van der Waals surface area contributed by atoms with Gasteiger partial charge in [-0.2, -0.15) is 0 Å². The zero-order chi connectivity index (χ0) is 19.9. The van der Waals surface area contributed by atoms with E-state index in [1.807, 2.05) is 61.5 Å². The average molecular weight is 359 g/mol. The van der Waals surface area contributed by atoms with Crippen LogP contribution in [0.4, 0.5) is 4.79 Å². The molecule has 0 aromatic rings. The Kier molecular flexibility index (Phi) is 15.9. The van der Waals surface area contributed by atoms with Crippen LogP contribution in [0.25, 0.3) is 0 Å². The fourth-order valence-electron chi connectivity index (χ4n) is 2.41. The second-order valence-electron chi connectivity index (χ2n) is 5.72. The van der Waals surface area contributed by atoms with Crippen molar-refractivity contribution in [2.45, 2.75) is 67.4 Å². The molecule has 0 radical (unpaired) electrons. The zero-order valence-electron chi connectivity index (χ0n) is 18.1. The van der Waals surface area contributed by atoms with Crippen LogP contribution in [-0.2, 0) is 9.47 Å². The second kappa shape index (κ2) is 15.2. The lowest BCUT2D eigenvalue weighted by Gasteiger charge is -2.36. The van der Waals surface area contributed by atoms with Crippen molar-refractivity contribution in [2.24, 2.45) is 0 Å². The molecule has 1 fully saturated rings. The molecule has 5 heteroatoms. The highest BCUT2D eigenvalue weighted by Crippen LogP contribution is 2.26. The van der Waals surface area contributed by atoms with Crippen molar-refractivity contribution in [3.63, 3.8) is 0 Å². The minimum atomic E-state index is -0.537. The Morgan fingerprint density at radius 2 is 1.56 bits per heavy atom. The van der Waals surface area contributed by atoms with E-state index in [4.69, 9.17) is 9.47 Å². The molecule has 2 rings (SSSR count). The lowest BCUT2D eigenvalue weighted by Crippen LogP contribution is -2.49. The molecule has 0 atom stereocenters. The Morgan fingerprint density at radius 1 is 1.04 bits per heavy atom. The van der Waals surface area contributed by atoms with Gasteiger partial charge in [-0.1, -0.05) is 47.6 Å². The fourth-order valence-corrected chi connectivity index (χ4v) is 2.41. The van der Waals surface area contributed by atoms with E-state index < -0.39 is 5.60 Å². The molecular formula is C20H42N2O3. The molecule has 0 unspecified atom stereocenters. The minimum absolute atomic E-state index is 0.203. The predicted molar refractivity (Wildman–Crippen MR) is 107 cm³/mol. The van der Waals surface area contributed by atoms with Crippen molar-refractivity contribution in [1.29, 1.82) is 0 Å². The number of nitrogens with zero attached hydrogens (tertiary/aromatic N) is 2. The topological polar surface area (TPSA) is 42.0 Å². The van der Waals surface area contributed by atoms with Crippen LogP contribution in [-0.4, -0.2) is 67.9 Å². The van der Waals surface area contributed by atoms with Crippen molar-refractivity contribution in [2.75, 3.05) is 46.4 Å². The largest absolute Gasteiger partial charge is 0.439 e. The van der Waals surface area contributed by atoms with Crippen LogP contribution in [0.1, 0.15) is 61.8 Å². The quantitative estimate of drug-likeness (QED) is 0.678. The molecule has 0 aliphatic carbocycles. The van der Waals surface area contributed by atoms with Crippen molar-refractivity contribution in [3.05, 3.63) is 11.6 Å². The van der Waals surface area contributed by atoms with Gasteiger partial charge < -0.3 is 19.3 Å². The monoisotopic (exact) mass is 358 g/mol. The van der Waals surface area contributed by atoms with Crippen LogP contribution in [0.15, 0.2) is 11.6 Å².